The molecule has 2 aromatic carbocycles. The van der Waals surface area contributed by atoms with Gasteiger partial charge in [-0.3, -0.25) is 4.79 Å². The maximum absolute atomic E-state index is 12.2. The first-order valence-electron chi connectivity index (χ1n) is 10.0. The molecule has 0 radical (unpaired) electrons. The van der Waals surface area contributed by atoms with Crippen LogP contribution in [0.25, 0.3) is 0 Å². The molecule has 6 nitrogen and oxygen atoms in total. The number of sulfonamides is 1. The molecule has 1 saturated heterocycles. The minimum Gasteiger partial charge on any atom is -0.489 e. The summed E-state index contributed by atoms with van der Waals surface area (Å²) in [6.07, 6.45) is 2.41. The Labute approximate surface area is 172 Å². The van der Waals surface area contributed by atoms with Gasteiger partial charge in [-0.25, -0.2) is 12.7 Å². The third-order valence-corrected chi connectivity index (χ3v) is 6.88. The maximum atomic E-state index is 12.2. The van der Waals surface area contributed by atoms with Gasteiger partial charge in [-0.1, -0.05) is 42.5 Å². The highest BCUT2D eigenvalue weighted by Gasteiger charge is 2.24. The summed E-state index contributed by atoms with van der Waals surface area (Å²) in [6.45, 7) is 2.15. The molecule has 29 heavy (non-hydrogen) atoms. The Kier molecular flexibility index (Phi) is 7.66. The summed E-state index contributed by atoms with van der Waals surface area (Å²) in [5.74, 6) is 0.676. The number of amides is 1. The number of ether oxygens (including phenoxy) is 1. The van der Waals surface area contributed by atoms with Gasteiger partial charge >= 0.3 is 0 Å². The minimum atomic E-state index is -3.21. The van der Waals surface area contributed by atoms with E-state index in [1.807, 2.05) is 54.6 Å². The van der Waals surface area contributed by atoms with E-state index in [0.717, 1.165) is 29.7 Å². The van der Waals surface area contributed by atoms with E-state index >= 15 is 0 Å². The first-order chi connectivity index (χ1) is 14.0. The first kappa shape index (κ1) is 21.3. The summed E-state index contributed by atoms with van der Waals surface area (Å²) in [6, 6.07) is 17.6. The van der Waals surface area contributed by atoms with Crippen LogP contribution in [0.5, 0.6) is 5.75 Å². The average Bonchev–Trinajstić information content (AvgIpc) is 3.28. The molecule has 1 N–H and O–H groups in total. The van der Waals surface area contributed by atoms with E-state index in [0.29, 0.717) is 32.7 Å². The fraction of sp³-hybridized carbons (Fsp3) is 0.409. The number of rotatable bonds is 10. The molecule has 1 amide bonds. The summed E-state index contributed by atoms with van der Waals surface area (Å²) in [5, 5.41) is 2.84. The Morgan fingerprint density at radius 1 is 0.966 bits per heavy atom. The van der Waals surface area contributed by atoms with E-state index in [4.69, 9.17) is 4.74 Å². The van der Waals surface area contributed by atoms with Crippen molar-refractivity contribution in [2.75, 3.05) is 18.8 Å². The molecule has 0 spiro atoms. The van der Waals surface area contributed by atoms with Crippen molar-refractivity contribution < 1.29 is 17.9 Å². The van der Waals surface area contributed by atoms with Crippen LogP contribution in [0.15, 0.2) is 54.6 Å². The zero-order valence-electron chi connectivity index (χ0n) is 16.5. The molecule has 0 saturated carbocycles. The molecule has 0 bridgehead atoms. The molecular formula is C22H28N2O4S. The molecule has 1 aliphatic heterocycles. The molecule has 1 heterocycles. The monoisotopic (exact) mass is 416 g/mol. The van der Waals surface area contributed by atoms with Crippen LogP contribution in [0.3, 0.4) is 0 Å². The molecule has 156 valence electrons. The highest BCUT2D eigenvalue weighted by molar-refractivity contribution is 7.89. The van der Waals surface area contributed by atoms with Crippen LogP contribution in [0.4, 0.5) is 0 Å². The lowest BCUT2D eigenvalue weighted by Crippen LogP contribution is -2.31. The van der Waals surface area contributed by atoms with Crippen molar-refractivity contribution in [2.24, 2.45) is 0 Å². The van der Waals surface area contributed by atoms with Crippen molar-refractivity contribution in [2.45, 2.75) is 38.8 Å². The topological polar surface area (TPSA) is 75.7 Å². The average molecular weight is 417 g/mol. The van der Waals surface area contributed by atoms with Crippen molar-refractivity contribution >= 4 is 15.9 Å². The van der Waals surface area contributed by atoms with Gasteiger partial charge in [-0.05, 0) is 42.5 Å². The van der Waals surface area contributed by atoms with Crippen LogP contribution in [0.1, 0.15) is 36.8 Å². The maximum Gasteiger partial charge on any atom is 0.220 e. The van der Waals surface area contributed by atoms with Gasteiger partial charge in [-0.2, -0.15) is 0 Å². The number of carbonyl (C=O) groups is 1. The minimum absolute atomic E-state index is 0.0356. The Morgan fingerprint density at radius 3 is 2.34 bits per heavy atom. The van der Waals surface area contributed by atoms with Gasteiger partial charge in [0.2, 0.25) is 15.9 Å². The number of hydrogen-bond donors (Lipinski definition) is 1. The van der Waals surface area contributed by atoms with Crippen LogP contribution < -0.4 is 10.1 Å². The fourth-order valence-corrected chi connectivity index (χ4v) is 4.83. The van der Waals surface area contributed by atoms with E-state index < -0.39 is 10.0 Å². The lowest BCUT2D eigenvalue weighted by molar-refractivity contribution is -0.121. The van der Waals surface area contributed by atoms with Gasteiger partial charge in [0.15, 0.2) is 0 Å². The molecular weight excluding hydrogens is 388 g/mol. The van der Waals surface area contributed by atoms with E-state index in [1.54, 1.807) is 0 Å². The Balaban J connectivity index is 1.35. The summed E-state index contributed by atoms with van der Waals surface area (Å²) < 4.78 is 31.6. The van der Waals surface area contributed by atoms with E-state index in [1.165, 1.54) is 4.31 Å². The van der Waals surface area contributed by atoms with Gasteiger partial charge in [0.25, 0.3) is 0 Å². The summed E-state index contributed by atoms with van der Waals surface area (Å²) in [4.78, 5) is 12.0. The highest BCUT2D eigenvalue weighted by Crippen LogP contribution is 2.15. The summed E-state index contributed by atoms with van der Waals surface area (Å²) in [5.41, 5.74) is 2.07. The van der Waals surface area contributed by atoms with Gasteiger partial charge in [0.05, 0.1) is 5.75 Å². The fourth-order valence-electron chi connectivity index (χ4n) is 3.24. The first-order valence-corrected chi connectivity index (χ1v) is 11.6. The zero-order chi connectivity index (χ0) is 20.5. The molecule has 1 aliphatic rings. The second-order valence-corrected chi connectivity index (χ2v) is 9.31. The summed E-state index contributed by atoms with van der Waals surface area (Å²) >= 11 is 0. The molecule has 0 atom stereocenters. The van der Waals surface area contributed by atoms with E-state index in [9.17, 15) is 13.2 Å². The number of benzene rings is 2. The Hall–Kier alpha value is -2.38. The number of carbonyl (C=O) groups excluding carboxylic acids is 1. The van der Waals surface area contributed by atoms with Crippen molar-refractivity contribution in [3.63, 3.8) is 0 Å². The van der Waals surface area contributed by atoms with E-state index in [-0.39, 0.29) is 18.1 Å². The normalized spacial score (nSPS) is 14.6. The van der Waals surface area contributed by atoms with Crippen molar-refractivity contribution in [1.82, 2.24) is 9.62 Å². The van der Waals surface area contributed by atoms with Gasteiger partial charge in [0.1, 0.15) is 12.4 Å². The van der Waals surface area contributed by atoms with Crippen molar-refractivity contribution in [1.29, 1.82) is 0 Å². The van der Waals surface area contributed by atoms with Crippen LogP contribution in [0, 0.1) is 0 Å². The highest BCUT2D eigenvalue weighted by atomic mass is 32.2. The van der Waals surface area contributed by atoms with Gasteiger partial charge in [0, 0.05) is 26.1 Å². The second-order valence-electron chi connectivity index (χ2n) is 7.22. The zero-order valence-corrected chi connectivity index (χ0v) is 17.4. The van der Waals surface area contributed by atoms with Crippen LogP contribution in [-0.2, 0) is 28.0 Å². The third kappa shape index (κ3) is 6.87. The van der Waals surface area contributed by atoms with Crippen LogP contribution in [-0.4, -0.2) is 37.5 Å². The molecule has 7 heteroatoms. The number of hydrogen-bond acceptors (Lipinski definition) is 4. The van der Waals surface area contributed by atoms with Gasteiger partial charge in [-0.15, -0.1) is 0 Å². The van der Waals surface area contributed by atoms with Crippen LogP contribution in [0.2, 0.25) is 0 Å². The largest absolute Gasteiger partial charge is 0.489 e. The number of nitrogens with one attached hydrogen (secondary N) is 1. The predicted octanol–water partition coefficient (Wildman–Crippen LogP) is 3.09. The second kappa shape index (κ2) is 10.4. The van der Waals surface area contributed by atoms with Crippen molar-refractivity contribution in [3.05, 3.63) is 65.7 Å². The molecule has 0 aliphatic carbocycles. The molecule has 3 rings (SSSR count). The molecule has 0 aromatic heterocycles. The molecule has 1 fully saturated rings. The Morgan fingerprint density at radius 2 is 1.66 bits per heavy atom. The predicted molar refractivity (Wildman–Crippen MR) is 113 cm³/mol. The quantitative estimate of drug-likeness (QED) is 0.646. The third-order valence-electron chi connectivity index (χ3n) is 4.93. The lowest BCUT2D eigenvalue weighted by atomic mass is 10.2. The summed E-state index contributed by atoms with van der Waals surface area (Å²) in [7, 11) is -3.21. The molecule has 0 unspecified atom stereocenters. The Bertz CT molecular complexity index is 877. The lowest BCUT2D eigenvalue weighted by Gasteiger charge is -2.15. The van der Waals surface area contributed by atoms with Gasteiger partial charge < -0.3 is 10.1 Å². The smallest absolute Gasteiger partial charge is 0.220 e. The standard InChI is InChI=1S/C22H28N2O4S/c25-22(9-6-16-29(26,27)24-14-4-5-15-24)23-17-19-10-12-21(13-11-19)28-18-20-7-2-1-3-8-20/h1-3,7-8,10-13H,4-6,9,14-18H2,(H,23,25). The number of nitrogens with zero attached hydrogens (tertiary/aromatic N) is 1. The van der Waals surface area contributed by atoms with Crippen molar-refractivity contribution in [3.8, 4) is 5.75 Å². The van der Waals surface area contributed by atoms with Crippen LogP contribution >= 0.6 is 0 Å². The molecule has 2 aromatic rings. The van der Waals surface area contributed by atoms with E-state index in [2.05, 4.69) is 5.32 Å². The SMILES string of the molecule is O=C(CCCS(=O)(=O)N1CCCC1)NCc1ccc(OCc2ccccc2)cc1.